The highest BCUT2D eigenvalue weighted by Crippen LogP contribution is 2.46. The highest BCUT2D eigenvalue weighted by Gasteiger charge is 2.41. The van der Waals surface area contributed by atoms with Crippen molar-refractivity contribution < 1.29 is 0 Å². The van der Waals surface area contributed by atoms with Crippen LogP contribution >= 0.6 is 0 Å². The number of fused-ring (bicyclic) bond motifs is 3. The Bertz CT molecular complexity index is 2080. The summed E-state index contributed by atoms with van der Waals surface area (Å²) in [6.07, 6.45) is 19.8. The first kappa shape index (κ1) is 29.8. The van der Waals surface area contributed by atoms with Crippen molar-refractivity contribution >= 4 is 39.3 Å². The minimum atomic E-state index is 0.259. The fraction of sp³-hybridized carbons (Fsp3) is 0.156. The largest absolute Gasteiger partial charge is 0.212 e. The van der Waals surface area contributed by atoms with Gasteiger partial charge in [0.15, 0.2) is 0 Å². The summed E-state index contributed by atoms with van der Waals surface area (Å²) in [6, 6.07) is 37.3. The van der Waals surface area contributed by atoms with Crippen molar-refractivity contribution in [2.45, 2.75) is 33.0 Å². The van der Waals surface area contributed by atoms with Crippen LogP contribution in [0.15, 0.2) is 169 Å². The van der Waals surface area contributed by atoms with Crippen molar-refractivity contribution in [3.8, 4) is 11.1 Å². The minimum Gasteiger partial charge on any atom is -0.0979 e. The van der Waals surface area contributed by atoms with Gasteiger partial charge in [0.05, 0.1) is 0 Å². The van der Waals surface area contributed by atoms with E-state index in [1.165, 1.54) is 60.3 Å². The molecule has 0 heterocycles. The fourth-order valence-corrected chi connectivity index (χ4v) is 8.00. The maximum atomic E-state index is 4.55. The standard InChI is InChI=1S/C45H41B/c1-31(38-29-30-39(35-17-6-5-7-18-35)43-24-13-12-23-42(38)43)15-14-16-34(4)46(44-32(2)25-27-36-19-8-10-21-40(36)44)45-33(3)26-28-37-20-9-11-22-41(37)45/h5-27,29-30,37,41,45H,1,28H2,2-4H3/b15-14-,34-16+. The Balaban J connectivity index is 1.28. The van der Waals surface area contributed by atoms with Crippen LogP contribution in [0.5, 0.6) is 0 Å². The lowest BCUT2D eigenvalue weighted by Gasteiger charge is -2.40. The molecule has 0 radical (unpaired) electrons. The molecule has 0 fully saturated rings. The lowest BCUT2D eigenvalue weighted by atomic mass is 9.28. The van der Waals surface area contributed by atoms with Crippen molar-refractivity contribution in [2.75, 3.05) is 0 Å². The minimum absolute atomic E-state index is 0.259. The van der Waals surface area contributed by atoms with Gasteiger partial charge in [-0.2, -0.15) is 0 Å². The molecule has 0 saturated heterocycles. The Kier molecular flexibility index (Phi) is 8.33. The summed E-state index contributed by atoms with van der Waals surface area (Å²) in [4.78, 5) is 0. The van der Waals surface area contributed by atoms with Crippen LogP contribution < -0.4 is 5.46 Å². The highest BCUT2D eigenvalue weighted by molar-refractivity contribution is 6.84. The van der Waals surface area contributed by atoms with Crippen LogP contribution in [-0.4, -0.2) is 6.71 Å². The number of benzene rings is 5. The van der Waals surface area contributed by atoms with Gasteiger partial charge in [-0.3, -0.25) is 0 Å². The second kappa shape index (κ2) is 12.9. The van der Waals surface area contributed by atoms with E-state index in [1.807, 2.05) is 0 Å². The van der Waals surface area contributed by atoms with Gasteiger partial charge in [0.25, 0.3) is 0 Å². The van der Waals surface area contributed by atoms with Gasteiger partial charge < -0.3 is 0 Å². The van der Waals surface area contributed by atoms with Crippen LogP contribution in [0.3, 0.4) is 0 Å². The van der Waals surface area contributed by atoms with Gasteiger partial charge in [0, 0.05) is 0 Å². The number of aryl methyl sites for hydroxylation is 1. The third-order valence-electron chi connectivity index (χ3n) is 10.3. The molecule has 0 bridgehead atoms. The molecular formula is C45H41B. The number of allylic oxidation sites excluding steroid dienone is 11. The topological polar surface area (TPSA) is 0 Å². The Morgan fingerprint density at radius 1 is 0.761 bits per heavy atom. The third kappa shape index (κ3) is 5.56. The fourth-order valence-electron chi connectivity index (χ4n) is 8.00. The summed E-state index contributed by atoms with van der Waals surface area (Å²) in [5, 5.41) is 5.16. The summed E-state index contributed by atoms with van der Waals surface area (Å²) in [5.74, 6) is 1.42. The van der Waals surface area contributed by atoms with Gasteiger partial charge in [-0.1, -0.05) is 187 Å². The summed E-state index contributed by atoms with van der Waals surface area (Å²) in [5.41, 5.74) is 10.4. The van der Waals surface area contributed by atoms with Crippen LogP contribution in [0.2, 0.25) is 5.82 Å². The lowest BCUT2D eigenvalue weighted by Crippen LogP contribution is -2.44. The maximum absolute atomic E-state index is 4.55. The first-order chi connectivity index (χ1) is 22.5. The number of hydrogen-bond donors (Lipinski definition) is 0. The molecular weight excluding hydrogens is 551 g/mol. The van der Waals surface area contributed by atoms with E-state index in [4.69, 9.17) is 0 Å². The molecule has 0 saturated carbocycles. The second-order valence-electron chi connectivity index (χ2n) is 13.1. The van der Waals surface area contributed by atoms with E-state index in [9.17, 15) is 0 Å². The molecule has 3 atom stereocenters. The van der Waals surface area contributed by atoms with Gasteiger partial charge in [-0.05, 0) is 81.7 Å². The van der Waals surface area contributed by atoms with Crippen LogP contribution in [0.25, 0.3) is 38.2 Å². The molecule has 5 aromatic carbocycles. The van der Waals surface area contributed by atoms with Gasteiger partial charge >= 0.3 is 0 Å². The average molecular weight is 593 g/mol. The van der Waals surface area contributed by atoms with Crippen molar-refractivity contribution in [3.63, 3.8) is 0 Å². The summed E-state index contributed by atoms with van der Waals surface area (Å²) >= 11 is 0. The van der Waals surface area contributed by atoms with Crippen LogP contribution in [0.1, 0.15) is 31.4 Å². The van der Waals surface area contributed by atoms with E-state index >= 15 is 0 Å². The Hall–Kier alpha value is -4.88. The van der Waals surface area contributed by atoms with Crippen molar-refractivity contribution in [2.24, 2.45) is 11.8 Å². The average Bonchev–Trinajstić information content (AvgIpc) is 3.10. The second-order valence-corrected chi connectivity index (χ2v) is 13.1. The number of hydrogen-bond acceptors (Lipinski definition) is 0. The predicted octanol–water partition coefficient (Wildman–Crippen LogP) is 11.5. The van der Waals surface area contributed by atoms with Crippen molar-refractivity contribution in [1.29, 1.82) is 0 Å². The summed E-state index contributed by atoms with van der Waals surface area (Å²) in [6.45, 7) is 11.8. The van der Waals surface area contributed by atoms with E-state index in [2.05, 4.69) is 179 Å². The van der Waals surface area contributed by atoms with Crippen molar-refractivity contribution in [1.82, 2.24) is 0 Å². The zero-order chi connectivity index (χ0) is 31.6. The summed E-state index contributed by atoms with van der Waals surface area (Å²) in [7, 11) is 0. The molecule has 2 aliphatic carbocycles. The maximum Gasteiger partial charge on any atom is 0.212 e. The molecule has 0 spiro atoms. The first-order valence-corrected chi connectivity index (χ1v) is 16.6. The molecule has 46 heavy (non-hydrogen) atoms. The smallest absolute Gasteiger partial charge is 0.0979 e. The van der Waals surface area contributed by atoms with E-state index in [0.29, 0.717) is 17.7 Å². The third-order valence-corrected chi connectivity index (χ3v) is 10.3. The van der Waals surface area contributed by atoms with Crippen molar-refractivity contribution in [3.05, 3.63) is 180 Å². The molecule has 224 valence electrons. The van der Waals surface area contributed by atoms with Gasteiger partial charge in [-0.15, -0.1) is 0 Å². The van der Waals surface area contributed by atoms with E-state index in [-0.39, 0.29) is 6.71 Å². The number of rotatable bonds is 7. The van der Waals surface area contributed by atoms with Crippen LogP contribution in [0, 0.1) is 18.8 Å². The quantitative estimate of drug-likeness (QED) is 0.100. The normalized spacial score (nSPS) is 19.4. The molecule has 0 aliphatic heterocycles. The van der Waals surface area contributed by atoms with Gasteiger partial charge in [0.1, 0.15) is 0 Å². The molecule has 1 heteroatoms. The Morgan fingerprint density at radius 2 is 1.48 bits per heavy atom. The molecule has 7 rings (SSSR count). The van der Waals surface area contributed by atoms with E-state index in [1.54, 1.807) is 0 Å². The molecule has 0 aromatic heterocycles. The van der Waals surface area contributed by atoms with E-state index in [0.717, 1.165) is 12.0 Å². The zero-order valence-electron chi connectivity index (χ0n) is 27.2. The molecule has 0 amide bonds. The Morgan fingerprint density at radius 3 is 2.30 bits per heavy atom. The monoisotopic (exact) mass is 592 g/mol. The predicted molar refractivity (Wildman–Crippen MR) is 203 cm³/mol. The van der Waals surface area contributed by atoms with Crippen LogP contribution in [0.4, 0.5) is 0 Å². The van der Waals surface area contributed by atoms with E-state index < -0.39 is 0 Å². The first-order valence-electron chi connectivity index (χ1n) is 16.6. The van der Waals surface area contributed by atoms with Gasteiger partial charge in [0.2, 0.25) is 6.71 Å². The molecule has 2 aliphatic rings. The Labute approximate surface area is 275 Å². The molecule has 5 aromatic rings. The highest BCUT2D eigenvalue weighted by atomic mass is 14.3. The SMILES string of the molecule is C=C(/C=C\C=C(/C)B(c1c(C)ccc2ccccc12)C1C(C)=CCC2C=CC=CC21)c1ccc(-c2ccccc2)c2ccccc12. The molecule has 3 unspecified atom stereocenters. The lowest BCUT2D eigenvalue weighted by molar-refractivity contribution is 0.444. The van der Waals surface area contributed by atoms with Crippen LogP contribution in [-0.2, 0) is 0 Å². The zero-order valence-corrected chi connectivity index (χ0v) is 27.2. The van der Waals surface area contributed by atoms with Gasteiger partial charge in [-0.25, -0.2) is 0 Å². The molecule has 0 nitrogen and oxygen atoms in total. The summed E-state index contributed by atoms with van der Waals surface area (Å²) < 4.78 is 0. The molecule has 0 N–H and O–H groups in total.